The lowest BCUT2D eigenvalue weighted by Crippen LogP contribution is -1.97. The van der Waals surface area contributed by atoms with E-state index >= 15 is 0 Å². The van der Waals surface area contributed by atoms with Gasteiger partial charge in [-0.1, -0.05) is 0 Å². The molecule has 0 unspecified atom stereocenters. The highest BCUT2D eigenvalue weighted by atomic mass is 16.6. The molecule has 0 atom stereocenters. The van der Waals surface area contributed by atoms with Gasteiger partial charge in [-0.05, 0) is 36.8 Å². The summed E-state index contributed by atoms with van der Waals surface area (Å²) >= 11 is 0. The number of anilines is 3. The highest BCUT2D eigenvalue weighted by molar-refractivity contribution is 5.68. The van der Waals surface area contributed by atoms with Crippen LogP contribution in [0.4, 0.5) is 22.7 Å². The Kier molecular flexibility index (Phi) is 3.74. The molecule has 0 aliphatic rings. The first-order valence-corrected chi connectivity index (χ1v) is 5.96. The van der Waals surface area contributed by atoms with Crippen LogP contribution in [-0.4, -0.2) is 12.0 Å². The first-order valence-electron chi connectivity index (χ1n) is 5.96. The van der Waals surface area contributed by atoms with Crippen LogP contribution in [0.15, 0.2) is 36.4 Å². The van der Waals surface area contributed by atoms with E-state index in [1.807, 2.05) is 25.1 Å². The molecule has 0 fully saturated rings. The fraction of sp³-hybridized carbons (Fsp3) is 0.143. The summed E-state index contributed by atoms with van der Waals surface area (Å²) in [5.41, 5.74) is 8.31. The normalized spacial score (nSPS) is 10.1. The Labute approximate surface area is 116 Å². The molecule has 2 aromatic rings. The SMILES string of the molecule is COc1ccc(Nc2cc(N)cc([N+](=O)[O-])c2)cc1C. The predicted octanol–water partition coefficient (Wildman–Crippen LogP) is 3.24. The van der Waals surface area contributed by atoms with Crippen molar-refractivity contribution in [2.75, 3.05) is 18.2 Å². The van der Waals surface area contributed by atoms with Crippen LogP contribution in [0.1, 0.15) is 5.56 Å². The van der Waals surface area contributed by atoms with E-state index in [1.54, 1.807) is 13.2 Å². The number of rotatable bonds is 4. The summed E-state index contributed by atoms with van der Waals surface area (Å²) in [5, 5.41) is 13.9. The lowest BCUT2D eigenvalue weighted by atomic mass is 10.2. The van der Waals surface area contributed by atoms with Crippen molar-refractivity contribution < 1.29 is 9.66 Å². The molecular formula is C14H15N3O3. The number of hydrogen-bond acceptors (Lipinski definition) is 5. The second-order valence-electron chi connectivity index (χ2n) is 4.38. The number of nitrogen functional groups attached to an aromatic ring is 1. The molecule has 0 saturated heterocycles. The topological polar surface area (TPSA) is 90.4 Å². The summed E-state index contributed by atoms with van der Waals surface area (Å²) in [5.74, 6) is 0.786. The van der Waals surface area contributed by atoms with Gasteiger partial charge in [0.2, 0.25) is 0 Å². The van der Waals surface area contributed by atoms with Crippen molar-refractivity contribution in [3.63, 3.8) is 0 Å². The van der Waals surface area contributed by atoms with E-state index in [-0.39, 0.29) is 5.69 Å². The molecule has 0 radical (unpaired) electrons. The molecule has 6 heteroatoms. The summed E-state index contributed by atoms with van der Waals surface area (Å²) in [7, 11) is 1.61. The number of methoxy groups -OCH3 is 1. The number of nitrogens with one attached hydrogen (secondary N) is 1. The van der Waals surface area contributed by atoms with Crippen molar-refractivity contribution >= 4 is 22.7 Å². The predicted molar refractivity (Wildman–Crippen MR) is 78.5 cm³/mol. The van der Waals surface area contributed by atoms with Gasteiger partial charge in [-0.15, -0.1) is 0 Å². The van der Waals surface area contributed by atoms with Crippen molar-refractivity contribution in [1.82, 2.24) is 0 Å². The van der Waals surface area contributed by atoms with Crippen LogP contribution in [0.5, 0.6) is 5.75 Å². The number of non-ortho nitro benzene ring substituents is 1. The molecule has 6 nitrogen and oxygen atoms in total. The first kappa shape index (κ1) is 13.7. The average molecular weight is 273 g/mol. The minimum absolute atomic E-state index is 0.0438. The molecular weight excluding hydrogens is 258 g/mol. The summed E-state index contributed by atoms with van der Waals surface area (Å²) < 4.78 is 5.18. The fourth-order valence-electron chi connectivity index (χ4n) is 1.94. The van der Waals surface area contributed by atoms with Gasteiger partial charge in [0.1, 0.15) is 5.75 Å². The Morgan fingerprint density at radius 2 is 1.95 bits per heavy atom. The minimum Gasteiger partial charge on any atom is -0.496 e. The van der Waals surface area contributed by atoms with Crippen molar-refractivity contribution in [3.8, 4) is 5.75 Å². The van der Waals surface area contributed by atoms with Crippen LogP contribution in [0.25, 0.3) is 0 Å². The molecule has 3 N–H and O–H groups in total. The van der Waals surface area contributed by atoms with E-state index in [2.05, 4.69) is 5.32 Å². The summed E-state index contributed by atoms with van der Waals surface area (Å²) in [6, 6.07) is 9.97. The van der Waals surface area contributed by atoms with Crippen LogP contribution in [0.2, 0.25) is 0 Å². The van der Waals surface area contributed by atoms with Gasteiger partial charge in [-0.3, -0.25) is 10.1 Å². The van der Waals surface area contributed by atoms with Gasteiger partial charge in [0, 0.05) is 29.2 Å². The number of hydrogen-bond donors (Lipinski definition) is 2. The Morgan fingerprint density at radius 1 is 1.20 bits per heavy atom. The maximum Gasteiger partial charge on any atom is 0.273 e. The van der Waals surface area contributed by atoms with E-state index in [0.29, 0.717) is 11.4 Å². The monoisotopic (exact) mass is 273 g/mol. The maximum atomic E-state index is 10.8. The molecule has 0 aliphatic heterocycles. The van der Waals surface area contributed by atoms with Gasteiger partial charge < -0.3 is 15.8 Å². The molecule has 0 heterocycles. The van der Waals surface area contributed by atoms with Gasteiger partial charge in [0.15, 0.2) is 0 Å². The number of ether oxygens (including phenoxy) is 1. The van der Waals surface area contributed by atoms with Crippen molar-refractivity contribution in [3.05, 3.63) is 52.1 Å². The third kappa shape index (κ3) is 2.97. The average Bonchev–Trinajstić information content (AvgIpc) is 2.38. The zero-order valence-corrected chi connectivity index (χ0v) is 11.2. The van der Waals surface area contributed by atoms with Gasteiger partial charge in [0.25, 0.3) is 5.69 Å². The number of nitrogens with zero attached hydrogens (tertiary/aromatic N) is 1. The molecule has 0 aliphatic carbocycles. The Bertz CT molecular complexity index is 656. The van der Waals surface area contributed by atoms with Crippen LogP contribution in [-0.2, 0) is 0 Å². The van der Waals surface area contributed by atoms with E-state index in [4.69, 9.17) is 10.5 Å². The molecule has 0 saturated carbocycles. The molecule has 0 bridgehead atoms. The third-order valence-corrected chi connectivity index (χ3v) is 2.83. The molecule has 2 aromatic carbocycles. The highest BCUT2D eigenvalue weighted by Gasteiger charge is 2.09. The largest absolute Gasteiger partial charge is 0.496 e. The lowest BCUT2D eigenvalue weighted by Gasteiger charge is -2.10. The van der Waals surface area contributed by atoms with Gasteiger partial charge in [-0.25, -0.2) is 0 Å². The van der Waals surface area contributed by atoms with Gasteiger partial charge >= 0.3 is 0 Å². The summed E-state index contributed by atoms with van der Waals surface area (Å²) in [6.45, 7) is 1.92. The number of nitro groups is 1. The second kappa shape index (κ2) is 5.48. The van der Waals surface area contributed by atoms with E-state index in [0.717, 1.165) is 17.0 Å². The zero-order chi connectivity index (χ0) is 14.7. The molecule has 0 spiro atoms. The quantitative estimate of drug-likeness (QED) is 0.507. The van der Waals surface area contributed by atoms with Crippen molar-refractivity contribution in [1.29, 1.82) is 0 Å². The van der Waals surface area contributed by atoms with E-state index < -0.39 is 4.92 Å². The lowest BCUT2D eigenvalue weighted by molar-refractivity contribution is -0.384. The van der Waals surface area contributed by atoms with Crippen molar-refractivity contribution in [2.24, 2.45) is 0 Å². The van der Waals surface area contributed by atoms with Crippen LogP contribution < -0.4 is 15.8 Å². The molecule has 20 heavy (non-hydrogen) atoms. The third-order valence-electron chi connectivity index (χ3n) is 2.83. The summed E-state index contributed by atoms with van der Waals surface area (Å²) in [4.78, 5) is 10.3. The van der Waals surface area contributed by atoms with E-state index in [9.17, 15) is 10.1 Å². The summed E-state index contributed by atoms with van der Waals surface area (Å²) in [6.07, 6.45) is 0. The second-order valence-corrected chi connectivity index (χ2v) is 4.38. The standard InChI is InChI=1S/C14H15N3O3/c1-9-5-11(3-4-14(9)20-2)16-12-6-10(15)7-13(8-12)17(18)19/h3-8,16H,15H2,1-2H3. The van der Waals surface area contributed by atoms with Crippen LogP contribution in [0, 0.1) is 17.0 Å². The Hall–Kier alpha value is -2.76. The molecule has 2 rings (SSSR count). The number of nitrogens with two attached hydrogens (primary N) is 1. The zero-order valence-electron chi connectivity index (χ0n) is 11.2. The number of benzene rings is 2. The van der Waals surface area contributed by atoms with Gasteiger partial charge in [0.05, 0.1) is 12.0 Å². The molecule has 104 valence electrons. The number of aryl methyl sites for hydroxylation is 1. The maximum absolute atomic E-state index is 10.8. The fourth-order valence-corrected chi connectivity index (χ4v) is 1.94. The Morgan fingerprint density at radius 3 is 2.55 bits per heavy atom. The van der Waals surface area contributed by atoms with Crippen molar-refractivity contribution in [2.45, 2.75) is 6.92 Å². The first-order chi connectivity index (χ1) is 9.49. The molecule has 0 aromatic heterocycles. The number of nitro benzene ring substituents is 1. The minimum atomic E-state index is -0.471. The van der Waals surface area contributed by atoms with Gasteiger partial charge in [-0.2, -0.15) is 0 Å². The van der Waals surface area contributed by atoms with E-state index in [1.165, 1.54) is 12.1 Å². The van der Waals surface area contributed by atoms with Crippen LogP contribution >= 0.6 is 0 Å². The highest BCUT2D eigenvalue weighted by Crippen LogP contribution is 2.27. The smallest absolute Gasteiger partial charge is 0.273 e. The van der Waals surface area contributed by atoms with Crippen LogP contribution in [0.3, 0.4) is 0 Å². The molecule has 0 amide bonds. The Balaban J connectivity index is 2.30.